The van der Waals surface area contributed by atoms with Crippen molar-refractivity contribution < 1.29 is 9.59 Å². The van der Waals surface area contributed by atoms with Gasteiger partial charge in [0.25, 0.3) is 5.91 Å². The summed E-state index contributed by atoms with van der Waals surface area (Å²) in [6, 6.07) is 13.3. The van der Waals surface area contributed by atoms with Crippen LogP contribution >= 0.6 is 22.6 Å². The number of amides is 2. The van der Waals surface area contributed by atoms with E-state index in [4.69, 9.17) is 0 Å². The first-order valence-corrected chi connectivity index (χ1v) is 9.05. The molecule has 1 aliphatic heterocycles. The molecule has 3 rings (SSSR count). The maximum absolute atomic E-state index is 12.3. The zero-order valence-electron chi connectivity index (χ0n) is 13.5. The summed E-state index contributed by atoms with van der Waals surface area (Å²) in [6.45, 7) is 3.49. The Morgan fingerprint density at radius 1 is 1.21 bits per heavy atom. The van der Waals surface area contributed by atoms with Crippen molar-refractivity contribution in [3.8, 4) is 0 Å². The number of anilines is 1. The standard InChI is InChI=1S/C19H19IN2O2/c1-13-4-9-16(11-17(13)20)21-19(24)15-7-5-14(6-8-15)12-22-10-2-3-18(22)23/h4-9,11H,2-3,10,12H2,1H3,(H,21,24). The lowest BCUT2D eigenvalue weighted by Gasteiger charge is -2.15. The third kappa shape index (κ3) is 3.95. The third-order valence-corrected chi connectivity index (χ3v) is 5.35. The molecule has 0 aliphatic carbocycles. The molecule has 0 spiro atoms. The maximum atomic E-state index is 12.3. The summed E-state index contributed by atoms with van der Waals surface area (Å²) in [5.74, 6) is 0.0873. The second kappa shape index (κ2) is 7.34. The Morgan fingerprint density at radius 2 is 1.96 bits per heavy atom. The molecule has 1 N–H and O–H groups in total. The summed E-state index contributed by atoms with van der Waals surface area (Å²) in [7, 11) is 0. The average Bonchev–Trinajstić information content (AvgIpc) is 2.97. The van der Waals surface area contributed by atoms with Crippen molar-refractivity contribution in [2.24, 2.45) is 0 Å². The minimum atomic E-state index is -0.126. The largest absolute Gasteiger partial charge is 0.338 e. The summed E-state index contributed by atoms with van der Waals surface area (Å²) in [5.41, 5.74) is 3.64. The van der Waals surface area contributed by atoms with E-state index in [9.17, 15) is 9.59 Å². The molecule has 5 heteroatoms. The topological polar surface area (TPSA) is 49.4 Å². The van der Waals surface area contributed by atoms with Crippen molar-refractivity contribution in [1.82, 2.24) is 4.90 Å². The highest BCUT2D eigenvalue weighted by molar-refractivity contribution is 14.1. The van der Waals surface area contributed by atoms with Gasteiger partial charge in [-0.3, -0.25) is 9.59 Å². The van der Waals surface area contributed by atoms with Crippen molar-refractivity contribution in [1.29, 1.82) is 0 Å². The van der Waals surface area contributed by atoms with Crippen LogP contribution in [0.2, 0.25) is 0 Å². The Labute approximate surface area is 155 Å². The number of hydrogen-bond donors (Lipinski definition) is 1. The quantitative estimate of drug-likeness (QED) is 0.741. The minimum absolute atomic E-state index is 0.126. The molecule has 1 aliphatic rings. The molecule has 0 saturated carbocycles. The van der Waals surface area contributed by atoms with Crippen LogP contribution in [0.1, 0.15) is 34.3 Å². The van der Waals surface area contributed by atoms with E-state index >= 15 is 0 Å². The fourth-order valence-electron chi connectivity index (χ4n) is 2.73. The number of nitrogens with zero attached hydrogens (tertiary/aromatic N) is 1. The normalized spacial score (nSPS) is 14.1. The Bertz CT molecular complexity index is 771. The van der Waals surface area contributed by atoms with Crippen LogP contribution in [-0.4, -0.2) is 23.3 Å². The number of likely N-dealkylation sites (tertiary alicyclic amines) is 1. The predicted molar refractivity (Wildman–Crippen MR) is 103 cm³/mol. The fourth-order valence-corrected chi connectivity index (χ4v) is 3.24. The van der Waals surface area contributed by atoms with Crippen LogP contribution in [0.5, 0.6) is 0 Å². The molecule has 24 heavy (non-hydrogen) atoms. The number of hydrogen-bond acceptors (Lipinski definition) is 2. The van der Waals surface area contributed by atoms with Crippen molar-refractivity contribution in [3.63, 3.8) is 0 Å². The summed E-state index contributed by atoms with van der Waals surface area (Å²) in [6.07, 6.45) is 1.59. The number of rotatable bonds is 4. The van der Waals surface area contributed by atoms with Crippen molar-refractivity contribution in [2.45, 2.75) is 26.3 Å². The third-order valence-electron chi connectivity index (χ3n) is 4.19. The minimum Gasteiger partial charge on any atom is -0.338 e. The Kier molecular flexibility index (Phi) is 5.18. The van der Waals surface area contributed by atoms with Gasteiger partial charge >= 0.3 is 0 Å². The van der Waals surface area contributed by atoms with Gasteiger partial charge in [0.1, 0.15) is 0 Å². The highest BCUT2D eigenvalue weighted by atomic mass is 127. The van der Waals surface area contributed by atoms with Crippen LogP contribution in [0.4, 0.5) is 5.69 Å². The van der Waals surface area contributed by atoms with E-state index in [1.165, 1.54) is 5.56 Å². The monoisotopic (exact) mass is 434 g/mol. The number of nitrogens with one attached hydrogen (secondary N) is 1. The summed E-state index contributed by atoms with van der Waals surface area (Å²) < 4.78 is 1.12. The van der Waals surface area contributed by atoms with E-state index in [0.717, 1.165) is 27.8 Å². The Morgan fingerprint density at radius 3 is 2.58 bits per heavy atom. The lowest BCUT2D eigenvalue weighted by atomic mass is 10.1. The zero-order chi connectivity index (χ0) is 17.1. The van der Waals surface area contributed by atoms with Crippen LogP contribution in [-0.2, 0) is 11.3 Å². The molecule has 2 aromatic carbocycles. The number of benzene rings is 2. The predicted octanol–water partition coefficient (Wildman–Crippen LogP) is 3.97. The molecule has 124 valence electrons. The summed E-state index contributed by atoms with van der Waals surface area (Å²) >= 11 is 2.26. The maximum Gasteiger partial charge on any atom is 0.255 e. The zero-order valence-corrected chi connectivity index (χ0v) is 15.7. The first kappa shape index (κ1) is 17.0. The molecular weight excluding hydrogens is 415 g/mol. The number of carbonyl (C=O) groups is 2. The molecule has 0 aromatic heterocycles. The molecule has 0 radical (unpaired) electrons. The van der Waals surface area contributed by atoms with Gasteiger partial charge in [-0.05, 0) is 71.3 Å². The van der Waals surface area contributed by atoms with Crippen LogP contribution in [0.25, 0.3) is 0 Å². The van der Waals surface area contributed by atoms with Gasteiger partial charge in [-0.1, -0.05) is 18.2 Å². The first-order chi connectivity index (χ1) is 11.5. The van der Waals surface area contributed by atoms with Gasteiger partial charge in [0.2, 0.25) is 5.91 Å². The van der Waals surface area contributed by atoms with Gasteiger partial charge in [0, 0.05) is 34.3 Å². The fraction of sp³-hybridized carbons (Fsp3) is 0.263. The highest BCUT2D eigenvalue weighted by Gasteiger charge is 2.20. The van der Waals surface area contributed by atoms with E-state index < -0.39 is 0 Å². The molecule has 0 atom stereocenters. The summed E-state index contributed by atoms with van der Waals surface area (Å²) in [5, 5.41) is 2.92. The van der Waals surface area contributed by atoms with Gasteiger partial charge in [-0.25, -0.2) is 0 Å². The van der Waals surface area contributed by atoms with Crippen molar-refractivity contribution in [2.75, 3.05) is 11.9 Å². The van der Waals surface area contributed by atoms with Crippen LogP contribution in [0, 0.1) is 10.5 Å². The van der Waals surface area contributed by atoms with Gasteiger partial charge in [-0.2, -0.15) is 0 Å². The SMILES string of the molecule is Cc1ccc(NC(=O)c2ccc(CN3CCCC3=O)cc2)cc1I. The molecule has 0 unspecified atom stereocenters. The number of carbonyl (C=O) groups excluding carboxylic acids is 2. The molecular formula is C19H19IN2O2. The average molecular weight is 434 g/mol. The van der Waals surface area contributed by atoms with E-state index in [-0.39, 0.29) is 11.8 Å². The van der Waals surface area contributed by atoms with Gasteiger partial charge in [-0.15, -0.1) is 0 Å². The Hall–Kier alpha value is -1.89. The number of aryl methyl sites for hydroxylation is 1. The molecule has 0 bridgehead atoms. The molecule has 2 amide bonds. The molecule has 2 aromatic rings. The molecule has 1 fully saturated rings. The molecule has 1 saturated heterocycles. The van der Waals surface area contributed by atoms with E-state index in [2.05, 4.69) is 27.9 Å². The second-order valence-electron chi connectivity index (χ2n) is 6.03. The number of halogens is 1. The lowest BCUT2D eigenvalue weighted by Crippen LogP contribution is -2.23. The summed E-state index contributed by atoms with van der Waals surface area (Å²) in [4.78, 5) is 25.9. The van der Waals surface area contributed by atoms with Crippen LogP contribution in [0.15, 0.2) is 42.5 Å². The van der Waals surface area contributed by atoms with E-state index in [0.29, 0.717) is 18.5 Å². The van der Waals surface area contributed by atoms with Crippen LogP contribution in [0.3, 0.4) is 0 Å². The van der Waals surface area contributed by atoms with Gasteiger partial charge in [0.15, 0.2) is 0 Å². The van der Waals surface area contributed by atoms with Crippen molar-refractivity contribution >= 4 is 40.1 Å². The molecule has 4 nitrogen and oxygen atoms in total. The Balaban J connectivity index is 1.65. The van der Waals surface area contributed by atoms with E-state index in [1.54, 1.807) is 0 Å². The van der Waals surface area contributed by atoms with E-state index in [1.807, 2.05) is 54.3 Å². The lowest BCUT2D eigenvalue weighted by molar-refractivity contribution is -0.128. The first-order valence-electron chi connectivity index (χ1n) is 7.97. The van der Waals surface area contributed by atoms with Gasteiger partial charge in [0.05, 0.1) is 0 Å². The molecule has 1 heterocycles. The van der Waals surface area contributed by atoms with Gasteiger partial charge < -0.3 is 10.2 Å². The smallest absolute Gasteiger partial charge is 0.255 e. The second-order valence-corrected chi connectivity index (χ2v) is 7.20. The highest BCUT2D eigenvalue weighted by Crippen LogP contribution is 2.18. The van der Waals surface area contributed by atoms with Crippen molar-refractivity contribution in [3.05, 3.63) is 62.7 Å². The van der Waals surface area contributed by atoms with Crippen LogP contribution < -0.4 is 5.32 Å².